The van der Waals surface area contributed by atoms with E-state index in [2.05, 4.69) is 10.2 Å². The van der Waals surface area contributed by atoms with Crippen LogP contribution in [0.5, 0.6) is 0 Å². The van der Waals surface area contributed by atoms with Crippen LogP contribution < -0.4 is 5.73 Å². The van der Waals surface area contributed by atoms with Gasteiger partial charge in [-0.25, -0.2) is 17.7 Å². The highest BCUT2D eigenvalue weighted by molar-refractivity contribution is 7.45. The predicted octanol–water partition coefficient (Wildman–Crippen LogP) is 0.908. The van der Waals surface area contributed by atoms with Crippen LogP contribution in [-0.2, 0) is 15.8 Å². The summed E-state index contributed by atoms with van der Waals surface area (Å²) in [4.78, 5) is 36.0. The average molecular weight is 523 g/mol. The number of rotatable bonds is 4. The van der Waals surface area contributed by atoms with Crippen molar-refractivity contribution in [3.05, 3.63) is 47.2 Å². The molecule has 3 rings (SSSR count). The van der Waals surface area contributed by atoms with E-state index in [-0.39, 0.29) is 42.8 Å². The minimum absolute atomic E-state index is 0. The van der Waals surface area contributed by atoms with E-state index in [4.69, 9.17) is 25.0 Å². The summed E-state index contributed by atoms with van der Waals surface area (Å²) in [6.45, 7) is -0.159. The van der Waals surface area contributed by atoms with Crippen molar-refractivity contribution in [1.82, 2.24) is 9.80 Å². The average Bonchev–Trinajstić information content (AvgIpc) is 3.08. The molecule has 34 heavy (non-hydrogen) atoms. The van der Waals surface area contributed by atoms with Crippen LogP contribution in [0, 0.1) is 17.5 Å². The Morgan fingerprint density at radius 3 is 2.26 bits per heavy atom. The Labute approximate surface area is 187 Å². The molecular formula is C16H20F6N5O6P. The maximum absolute atomic E-state index is 13.7. The molecular weight excluding hydrogens is 503 g/mol. The maximum Gasteiger partial charge on any atom is 0.466 e. The van der Waals surface area contributed by atoms with E-state index in [0.717, 1.165) is 16.0 Å². The Morgan fingerprint density at radius 2 is 1.71 bits per heavy atom. The molecule has 0 saturated heterocycles. The molecule has 11 nitrogen and oxygen atoms in total. The van der Waals surface area contributed by atoms with Gasteiger partial charge in [-0.05, 0) is 18.1 Å². The summed E-state index contributed by atoms with van der Waals surface area (Å²) in [6, 6.07) is 0.160. The number of amides is 1. The summed E-state index contributed by atoms with van der Waals surface area (Å²) in [5, 5.41) is 6.63. The zero-order chi connectivity index (χ0) is 25.1. The van der Waals surface area contributed by atoms with Gasteiger partial charge in [-0.1, -0.05) is 0 Å². The van der Waals surface area contributed by atoms with Crippen molar-refractivity contribution in [2.24, 2.45) is 16.0 Å². The zero-order valence-corrected chi connectivity index (χ0v) is 17.8. The Balaban J connectivity index is 0.000000873. The summed E-state index contributed by atoms with van der Waals surface area (Å²) in [5.74, 6) is -4.17. The normalized spacial score (nSPS) is 18.4. The Kier molecular flexibility index (Phi) is 9.75. The molecule has 0 bridgehead atoms. The summed E-state index contributed by atoms with van der Waals surface area (Å²) in [5.41, 5.74) is 5.62. The van der Waals surface area contributed by atoms with Crippen molar-refractivity contribution < 1.29 is 55.9 Å². The van der Waals surface area contributed by atoms with E-state index in [0.29, 0.717) is 12.1 Å². The minimum Gasteiger partial charge on any atom is -0.412 e. The van der Waals surface area contributed by atoms with Crippen molar-refractivity contribution in [3.8, 4) is 0 Å². The van der Waals surface area contributed by atoms with Gasteiger partial charge in [-0.15, -0.1) is 5.11 Å². The van der Waals surface area contributed by atoms with Crippen LogP contribution in [0.1, 0.15) is 12.0 Å². The van der Waals surface area contributed by atoms with E-state index in [1.807, 2.05) is 0 Å². The van der Waals surface area contributed by atoms with E-state index in [9.17, 15) is 31.1 Å². The number of alkyl halides is 3. The van der Waals surface area contributed by atoms with Crippen LogP contribution in [0.3, 0.4) is 0 Å². The molecule has 192 valence electrons. The van der Waals surface area contributed by atoms with E-state index < -0.39 is 49.6 Å². The molecule has 2 heterocycles. The number of carbonyl (C=O) groups is 1. The molecule has 0 aromatic heterocycles. The topological polar surface area (TPSA) is 184 Å². The Hall–Kier alpha value is -2.56. The number of azo groups is 1. The molecule has 0 fully saturated rings. The lowest BCUT2D eigenvalue weighted by atomic mass is 10.0. The minimum atomic E-state index is -4.64. The van der Waals surface area contributed by atoms with E-state index >= 15 is 0 Å². The maximum atomic E-state index is 13.7. The number of benzene rings is 1. The molecule has 1 aromatic carbocycles. The number of hydrogen-bond acceptors (Lipinski definition) is 6. The first-order valence-electron chi connectivity index (χ1n) is 8.99. The highest BCUT2D eigenvalue weighted by Crippen LogP contribution is 2.35. The van der Waals surface area contributed by atoms with Crippen LogP contribution in [0.2, 0.25) is 0 Å². The molecule has 2 aliphatic heterocycles. The first-order chi connectivity index (χ1) is 15.1. The van der Waals surface area contributed by atoms with Crippen LogP contribution in [0.15, 0.2) is 34.4 Å². The largest absolute Gasteiger partial charge is 0.466 e. The summed E-state index contributed by atoms with van der Waals surface area (Å²) in [6.07, 6.45) is -6.01. The summed E-state index contributed by atoms with van der Waals surface area (Å²) in [7, 11) is -4.64. The van der Waals surface area contributed by atoms with Crippen LogP contribution in [0.4, 0.5) is 26.3 Å². The van der Waals surface area contributed by atoms with Gasteiger partial charge in [0, 0.05) is 31.6 Å². The van der Waals surface area contributed by atoms with Crippen molar-refractivity contribution in [3.63, 3.8) is 0 Å². The highest BCUT2D eigenvalue weighted by Gasteiger charge is 2.49. The molecule has 1 aromatic rings. The molecule has 0 aliphatic carbocycles. The molecule has 18 heteroatoms. The smallest absolute Gasteiger partial charge is 0.412 e. The second kappa shape index (κ2) is 11.2. The number of carbonyl (C=O) groups excluding carboxylic acids is 1. The molecule has 1 unspecified atom stereocenters. The predicted molar refractivity (Wildman–Crippen MR) is 102 cm³/mol. The van der Waals surface area contributed by atoms with Crippen LogP contribution in [0.25, 0.3) is 0 Å². The highest BCUT2D eigenvalue weighted by atomic mass is 31.2. The fraction of sp³-hybridized carbons (Fsp3) is 0.438. The van der Waals surface area contributed by atoms with Gasteiger partial charge in [0.2, 0.25) is 12.1 Å². The van der Waals surface area contributed by atoms with Gasteiger partial charge < -0.3 is 35.7 Å². The van der Waals surface area contributed by atoms with Crippen molar-refractivity contribution in [2.75, 3.05) is 13.1 Å². The summed E-state index contributed by atoms with van der Waals surface area (Å²) >= 11 is 0. The van der Waals surface area contributed by atoms with Gasteiger partial charge in [-0.2, -0.15) is 18.3 Å². The Morgan fingerprint density at radius 1 is 1.15 bits per heavy atom. The third-order valence-corrected chi connectivity index (χ3v) is 4.33. The third-order valence-electron chi connectivity index (χ3n) is 4.33. The molecule has 0 spiro atoms. The Bertz CT molecular complexity index is 995. The molecule has 2 aliphatic rings. The summed E-state index contributed by atoms with van der Waals surface area (Å²) < 4.78 is 87.3. The van der Waals surface area contributed by atoms with E-state index in [1.165, 1.54) is 0 Å². The lowest BCUT2D eigenvalue weighted by molar-refractivity contribution is -0.174. The van der Waals surface area contributed by atoms with Crippen LogP contribution >= 0.6 is 7.82 Å². The molecule has 7 N–H and O–H groups in total. The van der Waals surface area contributed by atoms with E-state index in [1.54, 1.807) is 0 Å². The lowest BCUT2D eigenvalue weighted by Gasteiger charge is -2.33. The number of nitrogens with zero attached hydrogens (tertiary/aromatic N) is 4. The van der Waals surface area contributed by atoms with Crippen LogP contribution in [-0.4, -0.2) is 67.3 Å². The second-order valence-electron chi connectivity index (χ2n) is 6.94. The zero-order valence-electron chi connectivity index (χ0n) is 17.0. The standard InChI is InChI=1S/C16H15F6N5O.H3O4P.H2O/c17-10-6-12(19)11(18)4-8(10)3-9(23)5-14(28)26-1-2-27-13(7-26)24-25-15(27)16(20,21)22;1-5(2,3)4;/h4,6-7,9,15H,1-3,5,23H2;(H3,1,2,3,4);1H2/t9-,15?;;/m1../s1. The van der Waals surface area contributed by atoms with Gasteiger partial charge in [0.1, 0.15) is 5.82 Å². The van der Waals surface area contributed by atoms with Gasteiger partial charge in [0.15, 0.2) is 17.5 Å². The number of fused-ring (bicyclic) bond motifs is 1. The quantitative estimate of drug-likeness (QED) is 0.257. The van der Waals surface area contributed by atoms with Gasteiger partial charge in [-0.3, -0.25) is 4.79 Å². The fourth-order valence-corrected chi connectivity index (χ4v) is 2.97. The van der Waals surface area contributed by atoms with Crippen molar-refractivity contribution in [2.45, 2.75) is 31.2 Å². The SMILES string of the molecule is N[C@@H](CC(=O)N1C=C2N=NC(C(F)(F)F)N2CC1)Cc1cc(F)c(F)cc1F.O.O=P(O)(O)O. The number of hydrogen-bond donors (Lipinski definition) is 4. The first-order valence-corrected chi connectivity index (χ1v) is 10.6. The monoisotopic (exact) mass is 523 g/mol. The molecule has 1 amide bonds. The first kappa shape index (κ1) is 29.5. The van der Waals surface area contributed by atoms with Crippen molar-refractivity contribution >= 4 is 13.7 Å². The van der Waals surface area contributed by atoms with Crippen molar-refractivity contribution in [1.29, 1.82) is 0 Å². The number of nitrogens with two attached hydrogens (primary N) is 1. The lowest BCUT2D eigenvalue weighted by Crippen LogP contribution is -2.48. The van der Waals surface area contributed by atoms with Gasteiger partial charge in [0.05, 0.1) is 6.20 Å². The fourth-order valence-electron chi connectivity index (χ4n) is 2.97. The third kappa shape index (κ3) is 8.34. The molecule has 2 atom stereocenters. The second-order valence-corrected chi connectivity index (χ2v) is 7.96. The van der Waals surface area contributed by atoms with Gasteiger partial charge >= 0.3 is 14.0 Å². The number of phosphoric acid groups is 1. The molecule has 0 radical (unpaired) electrons. The number of halogens is 6. The van der Waals surface area contributed by atoms with Gasteiger partial charge in [0.25, 0.3) is 0 Å². The molecule has 0 saturated carbocycles.